The third-order valence-corrected chi connectivity index (χ3v) is 3.57. The van der Waals surface area contributed by atoms with Gasteiger partial charge < -0.3 is 9.52 Å². The molecule has 0 atom stereocenters. The summed E-state index contributed by atoms with van der Waals surface area (Å²) >= 11 is 1.61. The van der Waals surface area contributed by atoms with E-state index in [1.807, 2.05) is 29.0 Å². The van der Waals surface area contributed by atoms with Gasteiger partial charge in [0.2, 0.25) is 0 Å². The van der Waals surface area contributed by atoms with Gasteiger partial charge in [0.1, 0.15) is 5.76 Å². The lowest BCUT2D eigenvalue weighted by molar-refractivity contribution is 0.0697. The number of thiophene rings is 1. The summed E-state index contributed by atoms with van der Waals surface area (Å²) in [6.45, 7) is 0. The Kier molecular flexibility index (Phi) is 2.93. The summed E-state index contributed by atoms with van der Waals surface area (Å²) in [6, 6.07) is 10.8. The lowest BCUT2D eigenvalue weighted by Gasteiger charge is -2.06. The van der Waals surface area contributed by atoms with Crippen LogP contribution in [0.2, 0.25) is 0 Å². The number of rotatable bonds is 3. The van der Waals surface area contributed by atoms with Crippen molar-refractivity contribution in [2.24, 2.45) is 0 Å². The van der Waals surface area contributed by atoms with Gasteiger partial charge >= 0.3 is 5.97 Å². The van der Waals surface area contributed by atoms with Gasteiger partial charge in [0.05, 0.1) is 11.8 Å². The molecule has 0 amide bonds. The molecule has 0 fully saturated rings. The summed E-state index contributed by atoms with van der Waals surface area (Å²) < 4.78 is 5.32. The van der Waals surface area contributed by atoms with Crippen molar-refractivity contribution in [1.82, 2.24) is 0 Å². The maximum atomic E-state index is 11.3. The van der Waals surface area contributed by atoms with E-state index in [4.69, 9.17) is 4.42 Å². The molecule has 4 heteroatoms. The van der Waals surface area contributed by atoms with E-state index in [0.29, 0.717) is 11.3 Å². The molecule has 0 saturated heterocycles. The predicted octanol–water partition coefficient (Wildman–Crippen LogP) is 4.37. The fourth-order valence-corrected chi connectivity index (χ4v) is 2.64. The lowest BCUT2D eigenvalue weighted by atomic mass is 9.99. The van der Waals surface area contributed by atoms with Crippen LogP contribution in [0.25, 0.3) is 22.5 Å². The Morgan fingerprint density at radius 2 is 2.05 bits per heavy atom. The molecule has 2 heterocycles. The number of carboxylic acids is 1. The van der Waals surface area contributed by atoms with Gasteiger partial charge in [-0.15, -0.1) is 0 Å². The molecule has 19 heavy (non-hydrogen) atoms. The molecule has 0 spiro atoms. The number of hydrogen-bond acceptors (Lipinski definition) is 3. The molecule has 0 unspecified atom stereocenters. The second-order valence-electron chi connectivity index (χ2n) is 4.05. The summed E-state index contributed by atoms with van der Waals surface area (Å²) in [4.78, 5) is 11.3. The van der Waals surface area contributed by atoms with Crippen LogP contribution < -0.4 is 0 Å². The van der Waals surface area contributed by atoms with Gasteiger partial charge in [-0.25, -0.2) is 4.79 Å². The van der Waals surface area contributed by atoms with Crippen LogP contribution in [0.1, 0.15) is 10.4 Å². The maximum Gasteiger partial charge on any atom is 0.336 e. The third kappa shape index (κ3) is 2.18. The first kappa shape index (κ1) is 11.7. The van der Waals surface area contributed by atoms with Crippen LogP contribution in [0.15, 0.2) is 57.8 Å². The molecule has 1 N–H and O–H groups in total. The predicted molar refractivity (Wildman–Crippen MR) is 74.4 cm³/mol. The fraction of sp³-hybridized carbons (Fsp3) is 0. The Hall–Kier alpha value is -2.33. The largest absolute Gasteiger partial charge is 0.478 e. The molecular weight excluding hydrogens is 260 g/mol. The molecule has 3 aromatic rings. The van der Waals surface area contributed by atoms with Crippen molar-refractivity contribution < 1.29 is 14.3 Å². The van der Waals surface area contributed by atoms with E-state index in [1.165, 1.54) is 6.26 Å². The number of carboxylic acid groups (broad SMARTS) is 1. The zero-order chi connectivity index (χ0) is 13.2. The highest BCUT2D eigenvalue weighted by molar-refractivity contribution is 7.08. The molecule has 0 aliphatic rings. The summed E-state index contributed by atoms with van der Waals surface area (Å²) in [5.74, 6) is -0.391. The van der Waals surface area contributed by atoms with Gasteiger partial charge in [0.25, 0.3) is 0 Å². The highest BCUT2D eigenvalue weighted by atomic mass is 32.1. The molecule has 0 bridgehead atoms. The number of hydrogen-bond donors (Lipinski definition) is 1. The van der Waals surface area contributed by atoms with Crippen LogP contribution in [0.3, 0.4) is 0 Å². The van der Waals surface area contributed by atoms with E-state index in [1.54, 1.807) is 29.5 Å². The topological polar surface area (TPSA) is 50.4 Å². The van der Waals surface area contributed by atoms with Crippen molar-refractivity contribution in [3.05, 3.63) is 59.0 Å². The van der Waals surface area contributed by atoms with E-state index in [9.17, 15) is 9.90 Å². The van der Waals surface area contributed by atoms with E-state index < -0.39 is 5.97 Å². The molecule has 2 aromatic heterocycles. The minimum atomic E-state index is -0.955. The van der Waals surface area contributed by atoms with Crippen molar-refractivity contribution in [3.8, 4) is 22.5 Å². The number of furan rings is 1. The summed E-state index contributed by atoms with van der Waals surface area (Å²) in [5, 5.41) is 13.3. The first-order valence-electron chi connectivity index (χ1n) is 5.69. The molecule has 0 aliphatic carbocycles. The van der Waals surface area contributed by atoms with Crippen molar-refractivity contribution >= 4 is 17.3 Å². The third-order valence-electron chi connectivity index (χ3n) is 2.89. The Balaban J connectivity index is 2.18. The van der Waals surface area contributed by atoms with Crippen LogP contribution in [-0.2, 0) is 0 Å². The Morgan fingerprint density at radius 1 is 1.16 bits per heavy atom. The molecule has 1 aromatic carbocycles. The molecule has 0 radical (unpaired) electrons. The fourth-order valence-electron chi connectivity index (χ4n) is 1.97. The summed E-state index contributed by atoms with van der Waals surface area (Å²) in [7, 11) is 0. The Bertz CT molecular complexity index is 697. The van der Waals surface area contributed by atoms with Gasteiger partial charge in [-0.1, -0.05) is 6.07 Å². The minimum absolute atomic E-state index is 0.244. The Labute approximate surface area is 113 Å². The van der Waals surface area contributed by atoms with Crippen LogP contribution in [0.4, 0.5) is 0 Å². The van der Waals surface area contributed by atoms with Gasteiger partial charge in [-0.3, -0.25) is 0 Å². The molecular formula is C15H10O3S. The van der Waals surface area contributed by atoms with Crippen LogP contribution in [-0.4, -0.2) is 11.1 Å². The first-order valence-corrected chi connectivity index (χ1v) is 6.64. The minimum Gasteiger partial charge on any atom is -0.478 e. The average Bonchev–Trinajstić information content (AvgIpc) is 3.11. The van der Waals surface area contributed by atoms with Gasteiger partial charge in [-0.2, -0.15) is 11.3 Å². The van der Waals surface area contributed by atoms with Gasteiger partial charge in [0, 0.05) is 5.56 Å². The monoisotopic (exact) mass is 270 g/mol. The normalized spacial score (nSPS) is 10.5. The molecule has 0 saturated carbocycles. The van der Waals surface area contributed by atoms with E-state index in [0.717, 1.165) is 11.1 Å². The molecule has 3 rings (SSSR count). The second kappa shape index (κ2) is 4.74. The molecule has 94 valence electrons. The zero-order valence-corrected chi connectivity index (χ0v) is 10.7. The SMILES string of the molecule is O=C(O)c1ccc(-c2ccsc2)cc1-c1ccco1. The summed E-state index contributed by atoms with van der Waals surface area (Å²) in [5.41, 5.74) is 2.91. The van der Waals surface area contributed by atoms with Crippen molar-refractivity contribution in [2.45, 2.75) is 0 Å². The zero-order valence-electron chi connectivity index (χ0n) is 9.87. The van der Waals surface area contributed by atoms with E-state index in [-0.39, 0.29) is 5.56 Å². The van der Waals surface area contributed by atoms with Crippen LogP contribution >= 0.6 is 11.3 Å². The number of carbonyl (C=O) groups is 1. The molecule has 3 nitrogen and oxygen atoms in total. The number of benzene rings is 1. The average molecular weight is 270 g/mol. The highest BCUT2D eigenvalue weighted by Gasteiger charge is 2.15. The smallest absolute Gasteiger partial charge is 0.336 e. The number of aromatic carboxylic acids is 1. The van der Waals surface area contributed by atoms with E-state index in [2.05, 4.69) is 0 Å². The van der Waals surface area contributed by atoms with Crippen molar-refractivity contribution in [1.29, 1.82) is 0 Å². The summed E-state index contributed by atoms with van der Waals surface area (Å²) in [6.07, 6.45) is 1.54. The van der Waals surface area contributed by atoms with Crippen LogP contribution in [0.5, 0.6) is 0 Å². The van der Waals surface area contributed by atoms with Crippen LogP contribution in [0, 0.1) is 0 Å². The molecule has 0 aliphatic heterocycles. The van der Waals surface area contributed by atoms with Crippen molar-refractivity contribution in [3.63, 3.8) is 0 Å². The first-order chi connectivity index (χ1) is 9.25. The van der Waals surface area contributed by atoms with Crippen molar-refractivity contribution in [2.75, 3.05) is 0 Å². The van der Waals surface area contributed by atoms with Gasteiger partial charge in [-0.05, 0) is 52.2 Å². The van der Waals surface area contributed by atoms with E-state index >= 15 is 0 Å². The maximum absolute atomic E-state index is 11.3. The Morgan fingerprint density at radius 3 is 2.68 bits per heavy atom. The lowest BCUT2D eigenvalue weighted by Crippen LogP contribution is -1.99. The van der Waals surface area contributed by atoms with Gasteiger partial charge in [0.15, 0.2) is 0 Å². The standard InChI is InChI=1S/C15H10O3S/c16-15(17)12-4-3-10(11-5-7-19-9-11)8-13(12)14-2-1-6-18-14/h1-9H,(H,16,17). The second-order valence-corrected chi connectivity index (χ2v) is 4.83. The highest BCUT2D eigenvalue weighted by Crippen LogP contribution is 2.30. The quantitative estimate of drug-likeness (QED) is 0.768.